The Morgan fingerprint density at radius 2 is 1.70 bits per heavy atom. The van der Waals surface area contributed by atoms with Crippen molar-refractivity contribution in [2.45, 2.75) is 19.4 Å². The summed E-state index contributed by atoms with van der Waals surface area (Å²) in [5.41, 5.74) is 3.69. The molecule has 0 radical (unpaired) electrons. The van der Waals surface area contributed by atoms with Gasteiger partial charge in [-0.25, -0.2) is 4.98 Å². The van der Waals surface area contributed by atoms with Gasteiger partial charge in [0.1, 0.15) is 11.6 Å². The molecule has 0 aliphatic rings. The van der Waals surface area contributed by atoms with Gasteiger partial charge in [-0.2, -0.15) is 0 Å². The molecule has 1 heterocycles. The zero-order chi connectivity index (χ0) is 20.9. The van der Waals surface area contributed by atoms with Crippen LogP contribution in [-0.2, 0) is 13.5 Å². The topological polar surface area (TPSA) is 56.1 Å². The van der Waals surface area contributed by atoms with E-state index in [1.54, 1.807) is 12.1 Å². The summed E-state index contributed by atoms with van der Waals surface area (Å²) in [6.45, 7) is 2.53. The number of carbonyl (C=O) groups excluding carboxylic acids is 1. The first-order valence-electron chi connectivity index (χ1n) is 10.1. The average Bonchev–Trinajstić information content (AvgIpc) is 3.10. The highest BCUT2D eigenvalue weighted by molar-refractivity contribution is 5.94. The first kappa shape index (κ1) is 19.7. The van der Waals surface area contributed by atoms with Crippen LogP contribution in [-0.4, -0.2) is 22.1 Å². The Hall–Kier alpha value is -3.60. The van der Waals surface area contributed by atoms with E-state index in [0.29, 0.717) is 18.6 Å². The third-order valence-electron chi connectivity index (χ3n) is 5.20. The van der Waals surface area contributed by atoms with E-state index < -0.39 is 0 Å². The largest absolute Gasteiger partial charge is 0.494 e. The molecular formula is C25H25N3O2. The molecule has 152 valence electrons. The van der Waals surface area contributed by atoms with Gasteiger partial charge in [-0.15, -0.1) is 0 Å². The van der Waals surface area contributed by atoms with Crippen LogP contribution in [0, 0.1) is 0 Å². The molecule has 30 heavy (non-hydrogen) atoms. The van der Waals surface area contributed by atoms with Gasteiger partial charge in [0.2, 0.25) is 0 Å². The summed E-state index contributed by atoms with van der Waals surface area (Å²) >= 11 is 0. The molecule has 0 saturated heterocycles. The monoisotopic (exact) mass is 399 g/mol. The quantitative estimate of drug-likeness (QED) is 0.491. The van der Waals surface area contributed by atoms with Crippen LogP contribution in [0.25, 0.3) is 11.0 Å². The number of rotatable bonds is 7. The maximum absolute atomic E-state index is 13.0. The second kappa shape index (κ2) is 8.82. The molecule has 0 saturated carbocycles. The first-order valence-corrected chi connectivity index (χ1v) is 10.1. The molecule has 0 fully saturated rings. The van der Waals surface area contributed by atoms with Gasteiger partial charge in [-0.3, -0.25) is 4.79 Å². The van der Waals surface area contributed by atoms with Crippen molar-refractivity contribution in [3.8, 4) is 5.75 Å². The average molecular weight is 399 g/mol. The first-order chi connectivity index (χ1) is 14.7. The Labute approximate surface area is 176 Å². The summed E-state index contributed by atoms with van der Waals surface area (Å²) in [4.78, 5) is 17.8. The van der Waals surface area contributed by atoms with Crippen LogP contribution in [0.3, 0.4) is 0 Å². The number of fused-ring (bicyclic) bond motifs is 1. The number of nitrogens with one attached hydrogen (secondary N) is 1. The number of para-hydroxylation sites is 2. The number of hydrogen-bond acceptors (Lipinski definition) is 3. The van der Waals surface area contributed by atoms with Gasteiger partial charge in [0.05, 0.1) is 23.7 Å². The van der Waals surface area contributed by atoms with E-state index in [-0.39, 0.29) is 11.9 Å². The molecule has 4 aromatic rings. The Kier molecular flexibility index (Phi) is 5.80. The summed E-state index contributed by atoms with van der Waals surface area (Å²) in [6, 6.07) is 25.1. The smallest absolute Gasteiger partial charge is 0.251 e. The Morgan fingerprint density at radius 1 is 1.00 bits per heavy atom. The lowest BCUT2D eigenvalue weighted by atomic mass is 10.0. The van der Waals surface area contributed by atoms with Gasteiger partial charge in [0.25, 0.3) is 5.91 Å². The van der Waals surface area contributed by atoms with Crippen LogP contribution in [0.2, 0.25) is 0 Å². The lowest BCUT2D eigenvalue weighted by Gasteiger charge is -2.19. The maximum Gasteiger partial charge on any atom is 0.251 e. The standard InChI is InChI=1S/C25H25N3O2/c1-3-30-20-15-13-19(14-16-20)25(29)27-22(18-9-5-4-6-10-18)17-24-26-21-11-7-8-12-23(21)28(24)2/h4-16,22H,3,17H2,1-2H3,(H,27,29). The maximum atomic E-state index is 13.0. The molecule has 0 spiro atoms. The summed E-state index contributed by atoms with van der Waals surface area (Å²) < 4.78 is 7.56. The van der Waals surface area contributed by atoms with Crippen LogP contribution in [0.5, 0.6) is 5.75 Å². The van der Waals surface area contributed by atoms with Gasteiger partial charge in [-0.1, -0.05) is 42.5 Å². The van der Waals surface area contributed by atoms with E-state index in [4.69, 9.17) is 9.72 Å². The van der Waals surface area contributed by atoms with Crippen LogP contribution in [0.1, 0.15) is 34.7 Å². The highest BCUT2D eigenvalue weighted by Gasteiger charge is 2.19. The fourth-order valence-corrected chi connectivity index (χ4v) is 3.61. The van der Waals surface area contributed by atoms with Crippen molar-refractivity contribution < 1.29 is 9.53 Å². The zero-order valence-corrected chi connectivity index (χ0v) is 17.2. The van der Waals surface area contributed by atoms with E-state index in [1.165, 1.54) is 0 Å². The molecule has 0 aliphatic carbocycles. The lowest BCUT2D eigenvalue weighted by molar-refractivity contribution is 0.0936. The van der Waals surface area contributed by atoms with Crippen molar-refractivity contribution in [1.29, 1.82) is 0 Å². The molecular weight excluding hydrogens is 374 g/mol. The van der Waals surface area contributed by atoms with Crippen molar-refractivity contribution >= 4 is 16.9 Å². The SMILES string of the molecule is CCOc1ccc(C(=O)NC(Cc2nc3ccccc3n2C)c2ccccc2)cc1. The van der Waals surface area contributed by atoms with Gasteiger partial charge in [0, 0.05) is 19.0 Å². The molecule has 1 atom stereocenters. The summed E-state index contributed by atoms with van der Waals surface area (Å²) in [5.74, 6) is 1.57. The highest BCUT2D eigenvalue weighted by atomic mass is 16.5. The normalized spacial score (nSPS) is 11.9. The van der Waals surface area contributed by atoms with Crippen molar-refractivity contribution in [2.24, 2.45) is 7.05 Å². The van der Waals surface area contributed by atoms with Crippen molar-refractivity contribution in [3.05, 3.63) is 95.8 Å². The van der Waals surface area contributed by atoms with Crippen molar-refractivity contribution in [2.75, 3.05) is 6.61 Å². The molecule has 1 aromatic heterocycles. The van der Waals surface area contributed by atoms with Crippen molar-refractivity contribution in [3.63, 3.8) is 0 Å². The Balaban J connectivity index is 1.60. The van der Waals surface area contributed by atoms with E-state index in [2.05, 4.69) is 16.0 Å². The number of nitrogens with zero attached hydrogens (tertiary/aromatic N) is 2. The van der Waals surface area contributed by atoms with Gasteiger partial charge in [0.15, 0.2) is 0 Å². The molecule has 5 nitrogen and oxygen atoms in total. The molecule has 5 heteroatoms. The minimum absolute atomic E-state index is 0.120. The van der Waals surface area contributed by atoms with Crippen LogP contribution >= 0.6 is 0 Å². The summed E-state index contributed by atoms with van der Waals surface area (Å²) in [6.07, 6.45) is 0.595. The Morgan fingerprint density at radius 3 is 2.40 bits per heavy atom. The number of aryl methyl sites for hydroxylation is 1. The predicted octanol–water partition coefficient (Wildman–Crippen LogP) is 4.69. The second-order valence-corrected chi connectivity index (χ2v) is 7.17. The van der Waals surface area contributed by atoms with E-state index in [1.807, 2.05) is 74.6 Å². The number of benzene rings is 3. The van der Waals surface area contributed by atoms with Crippen LogP contribution in [0.4, 0.5) is 0 Å². The zero-order valence-electron chi connectivity index (χ0n) is 17.2. The predicted molar refractivity (Wildman–Crippen MR) is 119 cm³/mol. The third kappa shape index (κ3) is 4.20. The van der Waals surface area contributed by atoms with E-state index >= 15 is 0 Å². The molecule has 3 aromatic carbocycles. The van der Waals surface area contributed by atoms with E-state index in [9.17, 15) is 4.79 Å². The van der Waals surface area contributed by atoms with Crippen molar-refractivity contribution in [1.82, 2.24) is 14.9 Å². The third-order valence-corrected chi connectivity index (χ3v) is 5.20. The number of ether oxygens (including phenoxy) is 1. The summed E-state index contributed by atoms with van der Waals surface area (Å²) in [5, 5.41) is 3.19. The van der Waals surface area contributed by atoms with Gasteiger partial charge in [-0.05, 0) is 48.9 Å². The highest BCUT2D eigenvalue weighted by Crippen LogP contribution is 2.22. The minimum atomic E-state index is -0.194. The van der Waals surface area contributed by atoms with Crippen LogP contribution < -0.4 is 10.1 Å². The second-order valence-electron chi connectivity index (χ2n) is 7.17. The molecule has 1 unspecified atom stereocenters. The number of amides is 1. The minimum Gasteiger partial charge on any atom is -0.494 e. The molecule has 0 aliphatic heterocycles. The molecule has 4 rings (SSSR count). The number of hydrogen-bond donors (Lipinski definition) is 1. The van der Waals surface area contributed by atoms with Gasteiger partial charge >= 0.3 is 0 Å². The van der Waals surface area contributed by atoms with Gasteiger partial charge < -0.3 is 14.6 Å². The summed E-state index contributed by atoms with van der Waals surface area (Å²) in [7, 11) is 2.01. The fraction of sp³-hybridized carbons (Fsp3) is 0.200. The number of carbonyl (C=O) groups is 1. The molecule has 1 amide bonds. The van der Waals surface area contributed by atoms with E-state index in [0.717, 1.165) is 28.2 Å². The Bertz CT molecular complexity index is 1130. The number of imidazole rings is 1. The molecule has 0 bridgehead atoms. The van der Waals surface area contributed by atoms with Crippen LogP contribution in [0.15, 0.2) is 78.9 Å². The number of aromatic nitrogens is 2. The fourth-order valence-electron chi connectivity index (χ4n) is 3.61. The molecule has 1 N–H and O–H groups in total. The lowest BCUT2D eigenvalue weighted by Crippen LogP contribution is -2.30.